The molecule has 0 spiro atoms. The number of nitrogens with zero attached hydrogens (tertiary/aromatic N) is 1. The van der Waals surface area contributed by atoms with Gasteiger partial charge in [0.05, 0.1) is 5.92 Å². The van der Waals surface area contributed by atoms with E-state index >= 15 is 0 Å². The van der Waals surface area contributed by atoms with E-state index in [1.165, 1.54) is 0 Å². The molecule has 0 aliphatic carbocycles. The summed E-state index contributed by atoms with van der Waals surface area (Å²) < 4.78 is 0. The molecule has 5 heteroatoms. The molecule has 17 heavy (non-hydrogen) atoms. The highest BCUT2D eigenvalue weighted by atomic mass is 35.5. The average Bonchev–Trinajstić information content (AvgIpc) is 2.30. The van der Waals surface area contributed by atoms with Gasteiger partial charge in [-0.05, 0) is 24.1 Å². The summed E-state index contributed by atoms with van der Waals surface area (Å²) in [5.74, 6) is -0.716. The van der Waals surface area contributed by atoms with E-state index in [1.807, 2.05) is 6.92 Å². The van der Waals surface area contributed by atoms with Gasteiger partial charge < -0.3 is 4.79 Å². The Bertz CT molecular complexity index is 391. The molecule has 0 fully saturated rings. The van der Waals surface area contributed by atoms with Crippen molar-refractivity contribution in [2.45, 2.75) is 19.3 Å². The standard InChI is InChI=1S/C12H14ClNO3/c1-2-9(8-15)12(7-14(16)17)10-3-5-11(13)6-4-10/h3-6,8-9,12H,2,7H2,1H3/t9-,12+/m0/s1. The molecule has 0 bridgehead atoms. The maximum Gasteiger partial charge on any atom is 0.211 e. The van der Waals surface area contributed by atoms with Crippen LogP contribution in [-0.4, -0.2) is 17.8 Å². The Morgan fingerprint density at radius 3 is 2.41 bits per heavy atom. The second-order valence-corrected chi connectivity index (χ2v) is 4.32. The summed E-state index contributed by atoms with van der Waals surface area (Å²) in [6.45, 7) is 1.61. The van der Waals surface area contributed by atoms with Crippen molar-refractivity contribution in [3.8, 4) is 0 Å². The first-order valence-electron chi connectivity index (χ1n) is 5.41. The Labute approximate surface area is 105 Å². The molecule has 0 saturated heterocycles. The Hall–Kier alpha value is -1.42. The third-order valence-corrected chi connectivity index (χ3v) is 3.06. The molecule has 0 aliphatic rings. The van der Waals surface area contributed by atoms with Crippen molar-refractivity contribution in [2.75, 3.05) is 6.54 Å². The molecule has 0 aromatic heterocycles. The van der Waals surface area contributed by atoms with Gasteiger partial charge in [0.25, 0.3) is 0 Å². The third-order valence-electron chi connectivity index (χ3n) is 2.81. The minimum absolute atomic E-state index is 0.237. The lowest BCUT2D eigenvalue weighted by atomic mass is 9.85. The zero-order valence-corrected chi connectivity index (χ0v) is 10.3. The molecule has 0 N–H and O–H groups in total. The summed E-state index contributed by atoms with van der Waals surface area (Å²) in [5, 5.41) is 11.2. The maximum atomic E-state index is 11.0. The van der Waals surface area contributed by atoms with Crippen LogP contribution >= 0.6 is 11.6 Å². The molecule has 0 radical (unpaired) electrons. The normalized spacial score (nSPS) is 14.0. The molecule has 0 heterocycles. The van der Waals surface area contributed by atoms with Crippen molar-refractivity contribution in [2.24, 2.45) is 5.92 Å². The second kappa shape index (κ2) is 6.35. The highest BCUT2D eigenvalue weighted by Gasteiger charge is 2.26. The molecular weight excluding hydrogens is 242 g/mol. The zero-order valence-electron chi connectivity index (χ0n) is 9.51. The Morgan fingerprint density at radius 1 is 1.41 bits per heavy atom. The van der Waals surface area contributed by atoms with Crippen LogP contribution in [0.25, 0.3) is 0 Å². The average molecular weight is 256 g/mol. The molecule has 0 unspecified atom stereocenters. The fourth-order valence-corrected chi connectivity index (χ4v) is 1.96. The number of rotatable bonds is 6. The predicted octanol–water partition coefficient (Wildman–Crippen LogP) is 2.93. The second-order valence-electron chi connectivity index (χ2n) is 3.88. The number of benzene rings is 1. The van der Waals surface area contributed by atoms with Gasteiger partial charge in [-0.15, -0.1) is 0 Å². The SMILES string of the molecule is CC[C@@H](C=O)[C@@H](C[N+](=O)[O-])c1ccc(Cl)cc1. The van der Waals surface area contributed by atoms with Crippen LogP contribution in [0.3, 0.4) is 0 Å². The summed E-state index contributed by atoms with van der Waals surface area (Å²) in [5.41, 5.74) is 0.782. The van der Waals surface area contributed by atoms with Crippen LogP contribution in [0, 0.1) is 16.0 Å². The minimum atomic E-state index is -0.384. The van der Waals surface area contributed by atoms with E-state index in [9.17, 15) is 14.9 Å². The van der Waals surface area contributed by atoms with Crippen LogP contribution < -0.4 is 0 Å². The Balaban J connectivity index is 3.00. The number of hydrogen-bond donors (Lipinski definition) is 0. The number of halogens is 1. The first kappa shape index (κ1) is 13.6. The highest BCUT2D eigenvalue weighted by Crippen LogP contribution is 2.27. The zero-order chi connectivity index (χ0) is 12.8. The van der Waals surface area contributed by atoms with Crippen LogP contribution in [0.1, 0.15) is 24.8 Å². The first-order chi connectivity index (χ1) is 8.08. The van der Waals surface area contributed by atoms with E-state index < -0.39 is 0 Å². The lowest BCUT2D eigenvalue weighted by Gasteiger charge is -2.18. The summed E-state index contributed by atoms with van der Waals surface area (Å²) in [4.78, 5) is 21.2. The lowest BCUT2D eigenvalue weighted by Crippen LogP contribution is -2.22. The van der Waals surface area contributed by atoms with E-state index in [0.717, 1.165) is 11.8 Å². The van der Waals surface area contributed by atoms with Gasteiger partial charge in [-0.1, -0.05) is 30.7 Å². The van der Waals surface area contributed by atoms with Crippen LogP contribution in [0.5, 0.6) is 0 Å². The third kappa shape index (κ3) is 3.82. The molecule has 4 nitrogen and oxygen atoms in total. The fraction of sp³-hybridized carbons (Fsp3) is 0.417. The number of carbonyl (C=O) groups excluding carboxylic acids is 1. The van der Waals surface area contributed by atoms with Gasteiger partial charge in [0.1, 0.15) is 6.29 Å². The summed E-state index contributed by atoms with van der Waals surface area (Å²) in [7, 11) is 0. The van der Waals surface area contributed by atoms with Crippen LogP contribution in [0.2, 0.25) is 5.02 Å². The van der Waals surface area contributed by atoms with Gasteiger partial charge in [0.15, 0.2) is 0 Å². The van der Waals surface area contributed by atoms with E-state index in [1.54, 1.807) is 24.3 Å². The van der Waals surface area contributed by atoms with E-state index in [0.29, 0.717) is 11.4 Å². The van der Waals surface area contributed by atoms with Gasteiger partial charge in [-0.3, -0.25) is 10.1 Å². The first-order valence-corrected chi connectivity index (χ1v) is 5.78. The number of hydrogen-bond acceptors (Lipinski definition) is 3. The summed E-state index contributed by atoms with van der Waals surface area (Å²) >= 11 is 5.77. The number of carbonyl (C=O) groups is 1. The summed E-state index contributed by atoms with van der Waals surface area (Å²) in [6.07, 6.45) is 1.38. The van der Waals surface area contributed by atoms with Crippen molar-refractivity contribution >= 4 is 17.9 Å². The smallest absolute Gasteiger partial charge is 0.211 e. The van der Waals surface area contributed by atoms with Crippen molar-refractivity contribution in [3.05, 3.63) is 45.0 Å². The fourth-order valence-electron chi connectivity index (χ4n) is 1.83. The lowest BCUT2D eigenvalue weighted by molar-refractivity contribution is -0.484. The molecule has 1 rings (SSSR count). The van der Waals surface area contributed by atoms with E-state index in [4.69, 9.17) is 11.6 Å². The van der Waals surface area contributed by atoms with Gasteiger partial charge in [0.2, 0.25) is 6.54 Å². The van der Waals surface area contributed by atoms with E-state index in [-0.39, 0.29) is 23.3 Å². The Morgan fingerprint density at radius 2 is 2.00 bits per heavy atom. The van der Waals surface area contributed by atoms with Crippen molar-refractivity contribution in [1.29, 1.82) is 0 Å². The molecule has 1 aromatic carbocycles. The maximum absolute atomic E-state index is 11.0. The summed E-state index contributed by atoms with van der Waals surface area (Å²) in [6, 6.07) is 6.84. The van der Waals surface area contributed by atoms with Gasteiger partial charge in [-0.2, -0.15) is 0 Å². The van der Waals surface area contributed by atoms with E-state index in [2.05, 4.69) is 0 Å². The highest BCUT2D eigenvalue weighted by molar-refractivity contribution is 6.30. The topological polar surface area (TPSA) is 60.2 Å². The van der Waals surface area contributed by atoms with Crippen LogP contribution in [0.4, 0.5) is 0 Å². The predicted molar refractivity (Wildman–Crippen MR) is 65.9 cm³/mol. The van der Waals surface area contributed by atoms with Gasteiger partial charge >= 0.3 is 0 Å². The molecule has 1 aromatic rings. The molecule has 0 amide bonds. The monoisotopic (exact) mass is 255 g/mol. The molecule has 0 saturated carbocycles. The number of nitro groups is 1. The molecule has 2 atom stereocenters. The van der Waals surface area contributed by atoms with Crippen LogP contribution in [-0.2, 0) is 4.79 Å². The Kier molecular flexibility index (Phi) is 5.10. The van der Waals surface area contributed by atoms with Crippen molar-refractivity contribution < 1.29 is 9.72 Å². The minimum Gasteiger partial charge on any atom is -0.303 e. The van der Waals surface area contributed by atoms with Crippen LogP contribution in [0.15, 0.2) is 24.3 Å². The van der Waals surface area contributed by atoms with Gasteiger partial charge in [-0.25, -0.2) is 0 Å². The largest absolute Gasteiger partial charge is 0.303 e. The van der Waals surface area contributed by atoms with Gasteiger partial charge in [0, 0.05) is 15.9 Å². The number of aldehydes is 1. The molecular formula is C12H14ClNO3. The quantitative estimate of drug-likeness (QED) is 0.446. The molecule has 0 aliphatic heterocycles. The molecule has 92 valence electrons. The van der Waals surface area contributed by atoms with Crippen molar-refractivity contribution in [1.82, 2.24) is 0 Å². The van der Waals surface area contributed by atoms with Crippen molar-refractivity contribution in [3.63, 3.8) is 0 Å².